The minimum absolute atomic E-state index is 0.103. The Balaban J connectivity index is 1.23. The fraction of sp³-hybridized carbons (Fsp3) is 0.652. The van der Waals surface area contributed by atoms with Gasteiger partial charge in [-0.1, -0.05) is 23.2 Å². The van der Waals surface area contributed by atoms with Crippen LogP contribution in [0.4, 0.5) is 0 Å². The van der Waals surface area contributed by atoms with E-state index in [0.29, 0.717) is 35.1 Å². The average Bonchev–Trinajstić information content (AvgIpc) is 3.45. The number of hydrogen-bond donors (Lipinski definition) is 2. The molecular weight excluding hydrogens is 511 g/mol. The second-order valence-corrected chi connectivity index (χ2v) is 12.7. The molecule has 9 nitrogen and oxygen atoms in total. The van der Waals surface area contributed by atoms with Gasteiger partial charge in [-0.05, 0) is 44.9 Å². The lowest BCUT2D eigenvalue weighted by Gasteiger charge is -2.34. The molecule has 5 rings (SSSR count). The van der Waals surface area contributed by atoms with Gasteiger partial charge in [0.05, 0.1) is 46.8 Å². The van der Waals surface area contributed by atoms with Gasteiger partial charge in [0.25, 0.3) is 0 Å². The molecule has 0 radical (unpaired) electrons. The molecule has 0 amide bonds. The van der Waals surface area contributed by atoms with Crippen LogP contribution >= 0.6 is 23.2 Å². The number of pyridine rings is 1. The van der Waals surface area contributed by atoms with Crippen LogP contribution in [0.2, 0.25) is 10.0 Å². The van der Waals surface area contributed by atoms with Gasteiger partial charge in [0.2, 0.25) is 10.0 Å². The zero-order chi connectivity index (χ0) is 24.7. The van der Waals surface area contributed by atoms with E-state index in [1.165, 1.54) is 6.26 Å². The van der Waals surface area contributed by atoms with Crippen molar-refractivity contribution in [3.05, 3.63) is 46.0 Å². The van der Waals surface area contributed by atoms with Crippen molar-refractivity contribution in [2.75, 3.05) is 19.3 Å². The van der Waals surface area contributed by atoms with E-state index in [0.717, 1.165) is 43.2 Å². The summed E-state index contributed by atoms with van der Waals surface area (Å²) in [4.78, 5) is 4.04. The predicted molar refractivity (Wildman–Crippen MR) is 135 cm³/mol. The van der Waals surface area contributed by atoms with E-state index < -0.39 is 10.0 Å². The second kappa shape index (κ2) is 10.2. The van der Waals surface area contributed by atoms with Crippen LogP contribution in [0, 0.1) is 5.92 Å². The number of halogens is 2. The third-order valence-corrected chi connectivity index (χ3v) is 9.55. The van der Waals surface area contributed by atoms with Crippen molar-refractivity contribution in [2.45, 2.75) is 69.4 Å². The van der Waals surface area contributed by atoms with E-state index in [-0.39, 0.29) is 24.3 Å². The second-order valence-electron chi connectivity index (χ2n) is 9.91. The summed E-state index contributed by atoms with van der Waals surface area (Å²) in [6.45, 7) is 3.06. The Kier molecular flexibility index (Phi) is 7.43. The molecule has 2 saturated heterocycles. The molecule has 5 atom stereocenters. The maximum atomic E-state index is 11.8. The molecule has 2 aromatic rings. The molecule has 0 spiro atoms. The molecule has 3 fully saturated rings. The lowest BCUT2D eigenvalue weighted by atomic mass is 9.78. The Morgan fingerprint density at radius 1 is 1.09 bits per heavy atom. The molecule has 1 aliphatic carbocycles. The van der Waals surface area contributed by atoms with Crippen LogP contribution in [-0.2, 0) is 14.8 Å². The Morgan fingerprint density at radius 2 is 1.80 bits per heavy atom. The third kappa shape index (κ3) is 5.39. The van der Waals surface area contributed by atoms with Crippen molar-refractivity contribution in [2.24, 2.45) is 5.92 Å². The molecule has 2 N–H and O–H groups in total. The van der Waals surface area contributed by atoms with Gasteiger partial charge < -0.3 is 4.74 Å². The van der Waals surface area contributed by atoms with Crippen molar-refractivity contribution < 1.29 is 13.2 Å². The molecule has 12 heteroatoms. The molecule has 35 heavy (non-hydrogen) atoms. The number of nitrogens with zero attached hydrogens (tertiary/aromatic N) is 4. The normalized spacial score (nSPS) is 29.3. The highest BCUT2D eigenvalue weighted by atomic mass is 35.5. The van der Waals surface area contributed by atoms with E-state index >= 15 is 0 Å². The molecule has 2 aromatic heterocycles. The van der Waals surface area contributed by atoms with Gasteiger partial charge in [0, 0.05) is 48.8 Å². The van der Waals surface area contributed by atoms with E-state index in [2.05, 4.69) is 27.1 Å². The van der Waals surface area contributed by atoms with Gasteiger partial charge in [0.1, 0.15) is 0 Å². The van der Waals surface area contributed by atoms with E-state index in [4.69, 9.17) is 27.9 Å². The van der Waals surface area contributed by atoms with Gasteiger partial charge in [-0.3, -0.25) is 15.1 Å². The van der Waals surface area contributed by atoms with Crippen LogP contribution in [0.25, 0.3) is 0 Å². The quantitative estimate of drug-likeness (QED) is 0.574. The SMILES string of the molecule is C[C@@H](OC1CCC2NNC(c3cnn(C4CCN(S(C)(=O)=O)CC4)c3)C2C1)c1c(Cl)cncc1Cl. The smallest absolute Gasteiger partial charge is 0.211 e. The monoisotopic (exact) mass is 542 g/mol. The van der Waals surface area contributed by atoms with Crippen LogP contribution in [0.5, 0.6) is 0 Å². The van der Waals surface area contributed by atoms with Crippen LogP contribution in [0.3, 0.4) is 0 Å². The van der Waals surface area contributed by atoms with Crippen molar-refractivity contribution >= 4 is 33.2 Å². The lowest BCUT2D eigenvalue weighted by Crippen LogP contribution is -2.38. The largest absolute Gasteiger partial charge is 0.370 e. The standard InChI is InChI=1S/C23H32Cl2N6O3S/c1-14(22-19(24)11-26-12-20(22)25)34-17-3-4-21-18(9-17)23(29-28-21)15-10-27-31(13-15)16-5-7-30(8-6-16)35(2,32)33/h10-14,16-18,21,23,28-29H,3-9H2,1-2H3/t14-,17?,18?,21?,23?/m1/s1. The zero-order valence-corrected chi connectivity index (χ0v) is 22.2. The minimum Gasteiger partial charge on any atom is -0.370 e. The minimum atomic E-state index is -3.13. The van der Waals surface area contributed by atoms with Gasteiger partial charge in [-0.25, -0.2) is 18.1 Å². The summed E-state index contributed by atoms with van der Waals surface area (Å²) in [6.07, 6.45) is 12.8. The van der Waals surface area contributed by atoms with Crippen LogP contribution in [0.15, 0.2) is 24.8 Å². The molecule has 1 saturated carbocycles. The molecule has 4 unspecified atom stereocenters. The van der Waals surface area contributed by atoms with Crippen molar-refractivity contribution in [3.63, 3.8) is 0 Å². The number of rotatable bonds is 6. The number of sulfonamides is 1. The Bertz CT molecular complexity index is 1130. The number of fused-ring (bicyclic) bond motifs is 1. The van der Waals surface area contributed by atoms with Gasteiger partial charge >= 0.3 is 0 Å². The van der Waals surface area contributed by atoms with Crippen LogP contribution < -0.4 is 10.9 Å². The Labute approximate surface area is 216 Å². The molecule has 3 aliphatic rings. The maximum Gasteiger partial charge on any atom is 0.211 e. The molecule has 0 aromatic carbocycles. The molecule has 2 aliphatic heterocycles. The lowest BCUT2D eigenvalue weighted by molar-refractivity contribution is -0.0370. The van der Waals surface area contributed by atoms with E-state index in [9.17, 15) is 8.42 Å². The fourth-order valence-corrected chi connectivity index (χ4v) is 7.33. The highest BCUT2D eigenvalue weighted by Gasteiger charge is 2.42. The summed E-state index contributed by atoms with van der Waals surface area (Å²) in [5.74, 6) is 0.370. The Morgan fingerprint density at radius 3 is 2.49 bits per heavy atom. The highest BCUT2D eigenvalue weighted by Crippen LogP contribution is 2.41. The number of ether oxygens (including phenoxy) is 1. The maximum absolute atomic E-state index is 11.8. The van der Waals surface area contributed by atoms with Gasteiger partial charge in [-0.15, -0.1) is 0 Å². The first-order chi connectivity index (χ1) is 16.7. The van der Waals surface area contributed by atoms with E-state index in [1.54, 1.807) is 16.7 Å². The molecular formula is C23H32Cl2N6O3S. The predicted octanol–water partition coefficient (Wildman–Crippen LogP) is 3.65. The van der Waals surface area contributed by atoms with Crippen LogP contribution in [0.1, 0.15) is 68.3 Å². The van der Waals surface area contributed by atoms with E-state index in [1.807, 2.05) is 17.8 Å². The number of hydrogen-bond acceptors (Lipinski definition) is 7. The molecule has 4 heterocycles. The summed E-state index contributed by atoms with van der Waals surface area (Å²) in [7, 11) is -3.13. The molecule has 0 bridgehead atoms. The summed E-state index contributed by atoms with van der Waals surface area (Å²) in [6, 6.07) is 0.731. The zero-order valence-electron chi connectivity index (χ0n) is 19.9. The third-order valence-electron chi connectivity index (χ3n) is 7.64. The number of piperidine rings is 1. The van der Waals surface area contributed by atoms with Crippen LogP contribution in [-0.4, -0.2) is 59.0 Å². The first-order valence-corrected chi connectivity index (χ1v) is 14.8. The molecule has 192 valence electrons. The van der Waals surface area contributed by atoms with Gasteiger partial charge in [-0.2, -0.15) is 5.10 Å². The Hall–Kier alpha value is -1.27. The number of aromatic nitrogens is 3. The van der Waals surface area contributed by atoms with Crippen molar-refractivity contribution in [3.8, 4) is 0 Å². The number of nitrogens with one attached hydrogen (secondary N) is 2. The topological polar surface area (TPSA) is 101 Å². The average molecular weight is 544 g/mol. The fourth-order valence-electron chi connectivity index (χ4n) is 5.79. The summed E-state index contributed by atoms with van der Waals surface area (Å²) in [5.41, 5.74) is 8.89. The van der Waals surface area contributed by atoms with Crippen molar-refractivity contribution in [1.82, 2.24) is 29.9 Å². The summed E-state index contributed by atoms with van der Waals surface area (Å²) < 4.78 is 33.6. The summed E-state index contributed by atoms with van der Waals surface area (Å²) >= 11 is 12.7. The van der Waals surface area contributed by atoms with Crippen molar-refractivity contribution in [1.29, 1.82) is 0 Å². The summed E-state index contributed by atoms with van der Waals surface area (Å²) in [5, 5.41) is 5.70. The first kappa shape index (κ1) is 25.4. The first-order valence-electron chi connectivity index (χ1n) is 12.1. The number of hydrazine groups is 1. The van der Waals surface area contributed by atoms with Gasteiger partial charge in [0.15, 0.2) is 0 Å². The highest BCUT2D eigenvalue weighted by molar-refractivity contribution is 7.88.